The van der Waals surface area contributed by atoms with Crippen LogP contribution in [0.5, 0.6) is 0 Å². The normalized spacial score (nSPS) is 11.9. The van der Waals surface area contributed by atoms with Gasteiger partial charge < -0.3 is 19.2 Å². The third-order valence-corrected chi connectivity index (χ3v) is 12.1. The first-order chi connectivity index (χ1) is 26.2. The molecular weight excluding hydrogens is 670 g/mol. The van der Waals surface area contributed by atoms with Crippen molar-refractivity contribution in [3.8, 4) is 0 Å². The van der Waals surface area contributed by atoms with Crippen LogP contribution >= 0.6 is 8.60 Å². The topological polar surface area (TPSA) is 52.9 Å². The Hall–Kier alpha value is 0.270. The summed E-state index contributed by atoms with van der Waals surface area (Å²) in [5, 5.41) is 0. The molecule has 320 valence electrons. The molecule has 0 saturated carbocycles. The molecule has 0 bridgehead atoms. The first-order valence-electron chi connectivity index (χ1n) is 24.7. The Labute approximate surface area is 336 Å². The Morgan fingerprint density at radius 2 is 0.472 bits per heavy atom. The monoisotopic (exact) mass is 770 g/mol. The number of hydrogen-bond acceptors (Lipinski definition) is 4. The van der Waals surface area contributed by atoms with Crippen LogP contribution < -0.4 is 0 Å². The van der Waals surface area contributed by atoms with Gasteiger partial charge in [-0.1, -0.05) is 258 Å². The van der Waals surface area contributed by atoms with Crippen molar-refractivity contribution in [3.05, 3.63) is 0 Å². The average molecular weight is 770 g/mol. The molecule has 4 nitrogen and oxygen atoms in total. The third-order valence-electron chi connectivity index (χ3n) is 11.7. The van der Waals surface area contributed by atoms with Gasteiger partial charge in [0.2, 0.25) is 0 Å². The van der Waals surface area contributed by atoms with Gasteiger partial charge in [-0.25, -0.2) is 0 Å². The molecule has 0 fully saturated rings. The van der Waals surface area contributed by atoms with Gasteiger partial charge in [0.1, 0.15) is 0 Å². The Morgan fingerprint density at radius 1 is 0.283 bits per heavy atom. The summed E-state index contributed by atoms with van der Waals surface area (Å²) in [7, 11) is -2.16. The molecule has 0 amide bonds. The van der Waals surface area contributed by atoms with E-state index in [-0.39, 0.29) is 0 Å². The molecule has 0 aromatic heterocycles. The molecule has 0 unspecified atom stereocenters. The van der Waals surface area contributed by atoms with Gasteiger partial charge in [0.25, 0.3) is 0 Å². The van der Waals surface area contributed by atoms with E-state index < -0.39 is 8.60 Å². The Bertz CT molecular complexity index is 604. The van der Waals surface area contributed by atoms with Crippen molar-refractivity contribution < 1.29 is 14.3 Å². The number of hydrogen-bond donors (Lipinski definition) is 2. The van der Waals surface area contributed by atoms with Gasteiger partial charge in [0.15, 0.2) is 0 Å². The molecule has 0 heterocycles. The molecule has 2 N–H and O–H groups in total. The van der Waals surface area contributed by atoms with E-state index in [4.69, 9.17) is 14.3 Å². The van der Waals surface area contributed by atoms with Gasteiger partial charge in [-0.15, -0.1) is 0 Å². The van der Waals surface area contributed by atoms with Crippen molar-refractivity contribution in [1.29, 1.82) is 0 Å². The largest absolute Gasteiger partial charge is 0.328 e. The van der Waals surface area contributed by atoms with Gasteiger partial charge in [0.05, 0.1) is 6.61 Å². The molecule has 0 aliphatic carbocycles. The minimum Gasteiger partial charge on any atom is -0.328 e. The molecule has 0 spiro atoms. The molecule has 0 atom stereocenters. The number of unbranched alkanes of at least 4 members (excludes halogenated alkanes) is 39. The van der Waals surface area contributed by atoms with Crippen molar-refractivity contribution in [1.82, 2.24) is 4.90 Å². The van der Waals surface area contributed by atoms with Crippen LogP contribution in [0.25, 0.3) is 0 Å². The molecule has 0 rings (SSSR count). The molecular formula is C48H100NO3P. The molecule has 5 heteroatoms. The Balaban J connectivity index is 3.93. The van der Waals surface area contributed by atoms with Gasteiger partial charge in [0, 0.05) is 0 Å². The zero-order chi connectivity index (χ0) is 38.4. The predicted octanol–water partition coefficient (Wildman–Crippen LogP) is 16.9. The zero-order valence-electron chi connectivity index (χ0n) is 36.7. The summed E-state index contributed by atoms with van der Waals surface area (Å²) in [6.07, 6.45) is 59.4. The fourth-order valence-corrected chi connectivity index (χ4v) is 8.39. The maximum atomic E-state index is 8.76. The summed E-state index contributed by atoms with van der Waals surface area (Å²) >= 11 is 0. The predicted molar refractivity (Wildman–Crippen MR) is 239 cm³/mol. The summed E-state index contributed by atoms with van der Waals surface area (Å²) < 4.78 is 4.83. The summed E-state index contributed by atoms with van der Waals surface area (Å²) in [6, 6.07) is 0. The van der Waals surface area contributed by atoms with Gasteiger partial charge in [-0.2, -0.15) is 0 Å². The minimum absolute atomic E-state index is 0.482. The summed E-state index contributed by atoms with van der Waals surface area (Å²) in [5.74, 6) is 0. The molecule has 0 aromatic carbocycles. The lowest BCUT2D eigenvalue weighted by atomic mass is 10.0. The first kappa shape index (κ1) is 53.3. The van der Waals surface area contributed by atoms with E-state index in [0.29, 0.717) is 6.61 Å². The highest BCUT2D eigenvalue weighted by atomic mass is 31.2. The highest BCUT2D eigenvalue weighted by Gasteiger charge is 2.06. The van der Waals surface area contributed by atoms with E-state index in [1.165, 1.54) is 276 Å². The molecule has 0 radical (unpaired) electrons. The molecule has 0 aliphatic rings. The fourth-order valence-electron chi connectivity index (χ4n) is 8.10. The summed E-state index contributed by atoms with van der Waals surface area (Å²) in [5.41, 5.74) is 0. The van der Waals surface area contributed by atoms with Crippen LogP contribution in [-0.2, 0) is 4.52 Å². The van der Waals surface area contributed by atoms with E-state index >= 15 is 0 Å². The SMILES string of the molecule is CCCCCCCCCCCCCCCCN(CCCCCCCCCCCCCCCC)CCCCCCCCCCCCCCCCOP(O)O. The van der Waals surface area contributed by atoms with Crippen LogP contribution in [0.4, 0.5) is 0 Å². The molecule has 0 saturated heterocycles. The highest BCUT2D eigenvalue weighted by Crippen LogP contribution is 2.24. The average Bonchev–Trinajstić information content (AvgIpc) is 3.15. The lowest BCUT2D eigenvalue weighted by Crippen LogP contribution is -2.27. The lowest BCUT2D eigenvalue weighted by Gasteiger charge is -2.22. The van der Waals surface area contributed by atoms with Crippen LogP contribution in [0, 0.1) is 0 Å². The van der Waals surface area contributed by atoms with Gasteiger partial charge >= 0.3 is 8.60 Å². The first-order valence-corrected chi connectivity index (χ1v) is 25.9. The van der Waals surface area contributed by atoms with Crippen LogP contribution in [-0.4, -0.2) is 40.9 Å². The Morgan fingerprint density at radius 3 is 0.679 bits per heavy atom. The van der Waals surface area contributed by atoms with E-state index in [9.17, 15) is 0 Å². The van der Waals surface area contributed by atoms with E-state index in [1.54, 1.807) is 0 Å². The fraction of sp³-hybridized carbons (Fsp3) is 1.00. The van der Waals surface area contributed by atoms with Crippen molar-refractivity contribution in [3.63, 3.8) is 0 Å². The zero-order valence-corrected chi connectivity index (χ0v) is 37.6. The van der Waals surface area contributed by atoms with Crippen LogP contribution in [0.2, 0.25) is 0 Å². The lowest BCUT2D eigenvalue weighted by molar-refractivity contribution is 0.248. The van der Waals surface area contributed by atoms with Crippen LogP contribution in [0.15, 0.2) is 0 Å². The number of nitrogens with zero attached hydrogens (tertiary/aromatic N) is 1. The van der Waals surface area contributed by atoms with Crippen molar-refractivity contribution in [2.75, 3.05) is 26.2 Å². The standard InChI is InChI=1S/C48H100NO3P/c1-3-5-7-9-11-13-15-17-21-25-29-33-37-41-45-49(46-42-38-34-30-26-22-18-16-14-12-10-8-6-4-2)47-43-39-35-31-27-23-19-20-24-28-32-36-40-44-48-52-53(50)51/h50-51H,3-48H2,1-2H3. The van der Waals surface area contributed by atoms with Crippen molar-refractivity contribution >= 4 is 8.60 Å². The van der Waals surface area contributed by atoms with E-state index in [1.807, 2.05) is 0 Å². The third kappa shape index (κ3) is 48.3. The molecule has 53 heavy (non-hydrogen) atoms. The van der Waals surface area contributed by atoms with Crippen LogP contribution in [0.3, 0.4) is 0 Å². The Kier molecular flexibility index (Phi) is 48.7. The maximum Gasteiger partial charge on any atom is 0.327 e. The second-order valence-corrected chi connectivity index (χ2v) is 17.8. The highest BCUT2D eigenvalue weighted by molar-refractivity contribution is 7.39. The van der Waals surface area contributed by atoms with E-state index in [0.717, 1.165) is 12.8 Å². The number of rotatable bonds is 48. The summed E-state index contributed by atoms with van der Waals surface area (Å²) in [4.78, 5) is 20.4. The molecule has 0 aromatic rings. The summed E-state index contributed by atoms with van der Waals surface area (Å²) in [6.45, 7) is 9.14. The van der Waals surface area contributed by atoms with Gasteiger partial charge in [-0.05, 0) is 45.3 Å². The smallest absolute Gasteiger partial charge is 0.327 e. The minimum atomic E-state index is -2.16. The molecule has 0 aliphatic heterocycles. The quantitative estimate of drug-likeness (QED) is 0.0478. The van der Waals surface area contributed by atoms with E-state index in [2.05, 4.69) is 18.7 Å². The maximum absolute atomic E-state index is 8.76. The second kappa shape index (κ2) is 48.4. The van der Waals surface area contributed by atoms with Crippen molar-refractivity contribution in [2.45, 2.75) is 284 Å². The van der Waals surface area contributed by atoms with Gasteiger partial charge in [-0.3, -0.25) is 0 Å². The van der Waals surface area contributed by atoms with Crippen LogP contribution in [0.1, 0.15) is 284 Å². The second-order valence-electron chi connectivity index (χ2n) is 17.1. The van der Waals surface area contributed by atoms with Crippen molar-refractivity contribution in [2.24, 2.45) is 0 Å².